The van der Waals surface area contributed by atoms with Gasteiger partial charge in [-0.3, -0.25) is 0 Å². The molecule has 0 heterocycles. The summed E-state index contributed by atoms with van der Waals surface area (Å²) in [6, 6.07) is 23.7. The topological polar surface area (TPSA) is 49.7 Å². The SMILES string of the molecule is CCCCCCCCCc1ccccc1P(O)(O)(Oc1ccccc1C(C)(C)C)c1ccccc1CCCCCCCCC. The Labute approximate surface area is 269 Å². The molecule has 2 N–H and O–H groups in total. The summed E-state index contributed by atoms with van der Waals surface area (Å²) in [6.07, 6.45) is 18.6. The van der Waals surface area contributed by atoms with E-state index in [1.54, 1.807) is 0 Å². The monoisotopic (exact) mass is 620 g/mol. The Morgan fingerprint density at radius 1 is 0.523 bits per heavy atom. The van der Waals surface area contributed by atoms with Crippen molar-refractivity contribution in [3.8, 4) is 5.75 Å². The molecule has 244 valence electrons. The molecule has 0 aliphatic heterocycles. The van der Waals surface area contributed by atoms with E-state index < -0.39 is 7.28 Å². The molecule has 3 aromatic rings. The van der Waals surface area contributed by atoms with Gasteiger partial charge < -0.3 is 0 Å². The molecular formula is C40H61O3P. The van der Waals surface area contributed by atoms with Gasteiger partial charge in [0.25, 0.3) is 0 Å². The Morgan fingerprint density at radius 2 is 0.909 bits per heavy atom. The third kappa shape index (κ3) is 10.2. The van der Waals surface area contributed by atoms with E-state index in [0.29, 0.717) is 16.4 Å². The molecule has 0 saturated heterocycles. The molecule has 0 saturated carbocycles. The van der Waals surface area contributed by atoms with Crippen molar-refractivity contribution in [2.24, 2.45) is 0 Å². The molecule has 3 rings (SSSR count). The molecular weight excluding hydrogens is 559 g/mol. The van der Waals surface area contributed by atoms with E-state index in [9.17, 15) is 9.79 Å². The van der Waals surface area contributed by atoms with E-state index in [0.717, 1.165) is 55.2 Å². The van der Waals surface area contributed by atoms with Crippen molar-refractivity contribution >= 4 is 17.9 Å². The Morgan fingerprint density at radius 3 is 1.36 bits per heavy atom. The average molecular weight is 621 g/mol. The molecule has 44 heavy (non-hydrogen) atoms. The zero-order valence-electron chi connectivity index (χ0n) is 28.5. The molecule has 0 fully saturated rings. The normalized spacial score (nSPS) is 13.0. The molecule has 0 spiro atoms. The second-order valence-corrected chi connectivity index (χ2v) is 16.8. The van der Waals surface area contributed by atoms with Crippen molar-refractivity contribution < 1.29 is 14.3 Å². The molecule has 3 aromatic carbocycles. The average Bonchev–Trinajstić information content (AvgIpc) is 3.00. The minimum atomic E-state index is -5.14. The van der Waals surface area contributed by atoms with Crippen LogP contribution in [0.4, 0.5) is 0 Å². The van der Waals surface area contributed by atoms with Crippen molar-refractivity contribution in [1.29, 1.82) is 0 Å². The maximum atomic E-state index is 13.1. The fourth-order valence-electron chi connectivity index (χ4n) is 6.36. The van der Waals surface area contributed by atoms with Gasteiger partial charge in [-0.1, -0.05) is 0 Å². The molecule has 3 nitrogen and oxygen atoms in total. The van der Waals surface area contributed by atoms with E-state index in [1.165, 1.54) is 64.2 Å². The standard InChI is InChI=1S/C40H61O3P/c1-6-8-10-12-14-16-18-26-34-28-20-24-32-38(34)44(41,42,43-37-31-23-22-30-36(37)40(3,4)5)39-33-25-21-29-35(39)27-19-17-15-13-11-9-7-2/h20-25,28-33,41-42H,6-19,26-27H2,1-5H3. The van der Waals surface area contributed by atoms with E-state index >= 15 is 0 Å². The first-order chi connectivity index (χ1) is 21.1. The fourth-order valence-corrected chi connectivity index (χ4v) is 9.46. The Balaban J connectivity index is 2.01. The van der Waals surface area contributed by atoms with Gasteiger partial charge in [0.05, 0.1) is 0 Å². The van der Waals surface area contributed by atoms with Crippen LogP contribution in [0.5, 0.6) is 5.75 Å². The van der Waals surface area contributed by atoms with Crippen LogP contribution >= 0.6 is 7.28 Å². The van der Waals surface area contributed by atoms with Gasteiger partial charge in [0, 0.05) is 0 Å². The zero-order valence-corrected chi connectivity index (χ0v) is 29.4. The van der Waals surface area contributed by atoms with Crippen molar-refractivity contribution in [3.05, 3.63) is 89.5 Å². The molecule has 0 unspecified atom stereocenters. The molecule has 0 aliphatic carbocycles. The summed E-state index contributed by atoms with van der Waals surface area (Å²) < 4.78 is 6.79. The van der Waals surface area contributed by atoms with Crippen LogP contribution in [0.1, 0.15) is 141 Å². The Hall–Kier alpha value is -2.19. The molecule has 0 aliphatic rings. The fraction of sp³-hybridized carbons (Fsp3) is 0.550. The molecule has 0 atom stereocenters. The van der Waals surface area contributed by atoms with Crippen molar-refractivity contribution in [2.45, 2.75) is 143 Å². The number of hydrogen-bond acceptors (Lipinski definition) is 3. The van der Waals surface area contributed by atoms with Crippen LogP contribution in [0.15, 0.2) is 72.8 Å². The van der Waals surface area contributed by atoms with Crippen LogP contribution in [-0.2, 0) is 18.3 Å². The quantitative estimate of drug-likeness (QED) is 0.0976. The number of aryl methyl sites for hydroxylation is 2. The van der Waals surface area contributed by atoms with Crippen LogP contribution in [0.3, 0.4) is 0 Å². The summed E-state index contributed by atoms with van der Waals surface area (Å²) >= 11 is 0. The number of hydrogen-bond donors (Lipinski definition) is 2. The van der Waals surface area contributed by atoms with E-state index in [4.69, 9.17) is 4.52 Å². The maximum absolute atomic E-state index is 13.1. The van der Waals surface area contributed by atoms with Crippen molar-refractivity contribution in [2.75, 3.05) is 0 Å². The summed E-state index contributed by atoms with van der Waals surface area (Å²) in [6.45, 7) is 10.9. The van der Waals surface area contributed by atoms with Gasteiger partial charge in [-0.15, -0.1) is 0 Å². The van der Waals surface area contributed by atoms with Gasteiger partial charge in [-0.25, -0.2) is 0 Å². The molecule has 0 aromatic heterocycles. The van der Waals surface area contributed by atoms with Crippen molar-refractivity contribution in [1.82, 2.24) is 0 Å². The second kappa shape index (κ2) is 17.5. The van der Waals surface area contributed by atoms with Crippen molar-refractivity contribution in [3.63, 3.8) is 0 Å². The summed E-state index contributed by atoms with van der Waals surface area (Å²) in [5.74, 6) is 0.541. The van der Waals surface area contributed by atoms with Gasteiger partial charge in [-0.05, 0) is 0 Å². The number of para-hydroxylation sites is 1. The number of rotatable bonds is 20. The van der Waals surface area contributed by atoms with Crippen LogP contribution in [0, 0.1) is 0 Å². The molecule has 0 amide bonds. The van der Waals surface area contributed by atoms with Gasteiger partial charge in [0.2, 0.25) is 0 Å². The third-order valence-electron chi connectivity index (χ3n) is 8.92. The summed E-state index contributed by atoms with van der Waals surface area (Å²) in [7, 11) is -5.14. The molecule has 4 heteroatoms. The summed E-state index contributed by atoms with van der Waals surface area (Å²) in [5, 5.41) is 1.08. The predicted octanol–water partition coefficient (Wildman–Crippen LogP) is 10.9. The van der Waals surface area contributed by atoms with Gasteiger partial charge in [0.15, 0.2) is 0 Å². The Bertz CT molecular complexity index is 1190. The van der Waals surface area contributed by atoms with Crippen LogP contribution in [-0.4, -0.2) is 9.79 Å². The zero-order chi connectivity index (χ0) is 31.9. The van der Waals surface area contributed by atoms with Gasteiger partial charge in [0.1, 0.15) is 0 Å². The van der Waals surface area contributed by atoms with Crippen LogP contribution < -0.4 is 15.1 Å². The Kier molecular flexibility index (Phi) is 14.4. The first-order valence-electron chi connectivity index (χ1n) is 17.6. The first kappa shape index (κ1) is 36.3. The minimum absolute atomic E-state index is 0.227. The second-order valence-electron chi connectivity index (χ2n) is 13.8. The number of unbranched alkanes of at least 4 members (excludes halogenated alkanes) is 12. The van der Waals surface area contributed by atoms with E-state index in [2.05, 4.69) is 46.8 Å². The number of benzene rings is 3. The summed E-state index contributed by atoms with van der Waals surface area (Å²) in [5.41, 5.74) is 2.69. The van der Waals surface area contributed by atoms with E-state index in [1.807, 2.05) is 60.7 Å². The molecule has 0 bridgehead atoms. The predicted molar refractivity (Wildman–Crippen MR) is 193 cm³/mol. The van der Waals surface area contributed by atoms with Gasteiger partial charge >= 0.3 is 270 Å². The third-order valence-corrected chi connectivity index (χ3v) is 12.1. The van der Waals surface area contributed by atoms with E-state index in [-0.39, 0.29) is 5.41 Å². The summed E-state index contributed by atoms with van der Waals surface area (Å²) in [4.78, 5) is 26.2. The molecule has 0 radical (unpaired) electrons. The van der Waals surface area contributed by atoms with Gasteiger partial charge in [-0.2, -0.15) is 0 Å². The van der Waals surface area contributed by atoms with Crippen LogP contribution in [0.2, 0.25) is 0 Å². The van der Waals surface area contributed by atoms with Crippen LogP contribution in [0.25, 0.3) is 0 Å². The first-order valence-corrected chi connectivity index (χ1v) is 19.6.